The Hall–Kier alpha value is -2.32. The molecule has 3 amide bonds. The molecule has 0 bridgehead atoms. The summed E-state index contributed by atoms with van der Waals surface area (Å²) in [5, 5.41) is 16.5. The summed E-state index contributed by atoms with van der Waals surface area (Å²) in [6.07, 6.45) is 4.85. The molecule has 0 saturated heterocycles. The summed E-state index contributed by atoms with van der Waals surface area (Å²) in [4.78, 5) is 24.3. The number of ether oxygens (including phenoxy) is 1. The van der Waals surface area contributed by atoms with Crippen molar-refractivity contribution in [2.24, 2.45) is 0 Å². The van der Waals surface area contributed by atoms with Crippen molar-refractivity contribution in [1.29, 1.82) is 0 Å². The molecule has 1 aliphatic rings. The van der Waals surface area contributed by atoms with Crippen LogP contribution in [-0.2, 0) is 17.8 Å². The molecule has 3 N–H and O–H groups in total. The van der Waals surface area contributed by atoms with E-state index in [0.29, 0.717) is 12.4 Å². The number of rotatable bonds is 5. The van der Waals surface area contributed by atoms with Crippen molar-refractivity contribution in [2.45, 2.75) is 84.2 Å². The van der Waals surface area contributed by atoms with E-state index in [1.165, 1.54) is 0 Å². The van der Waals surface area contributed by atoms with Crippen molar-refractivity contribution >= 4 is 12.1 Å². The molecule has 0 spiro atoms. The van der Waals surface area contributed by atoms with Crippen LogP contribution >= 0.6 is 0 Å². The molecule has 2 rings (SSSR count). The Morgan fingerprint density at radius 1 is 1.23 bits per heavy atom. The Kier molecular flexibility index (Phi) is 6.82. The average molecular weight is 366 g/mol. The minimum atomic E-state index is -0.547. The van der Waals surface area contributed by atoms with Gasteiger partial charge in [0.15, 0.2) is 5.82 Å². The van der Waals surface area contributed by atoms with Crippen molar-refractivity contribution in [3.8, 4) is 0 Å². The fraction of sp³-hybridized carbons (Fsp3) is 0.765. The van der Waals surface area contributed by atoms with Crippen LogP contribution in [0.4, 0.5) is 9.59 Å². The lowest BCUT2D eigenvalue weighted by Gasteiger charge is -2.33. The largest absolute Gasteiger partial charge is 0.444 e. The van der Waals surface area contributed by atoms with E-state index in [9.17, 15) is 9.59 Å². The number of urea groups is 1. The minimum absolute atomic E-state index is 0.125. The monoisotopic (exact) mass is 366 g/mol. The number of nitrogens with one attached hydrogen (secondary N) is 3. The number of hydrogen-bond donors (Lipinski definition) is 3. The molecule has 1 saturated carbocycles. The zero-order valence-corrected chi connectivity index (χ0v) is 16.0. The maximum atomic E-state index is 12.2. The Bertz CT molecular complexity index is 610. The standard InChI is InChI=1S/C17H30N6O3/c1-5-23-11-19-22-14(23)10-18-15(24)20-12-8-6-7-9-13(12)21-16(25)26-17(2,3)4/h11-13H,5-10H2,1-4H3,(H,21,25)(H2,18,20,24)/t12-,13-/m1/s1. The average Bonchev–Trinajstić information content (AvgIpc) is 3.00. The highest BCUT2D eigenvalue weighted by Crippen LogP contribution is 2.19. The third-order valence-electron chi connectivity index (χ3n) is 4.23. The predicted octanol–water partition coefficient (Wildman–Crippen LogP) is 1.93. The van der Waals surface area contributed by atoms with Gasteiger partial charge in [0, 0.05) is 6.54 Å². The molecule has 1 heterocycles. The van der Waals surface area contributed by atoms with Crippen LogP contribution in [0.1, 0.15) is 59.2 Å². The van der Waals surface area contributed by atoms with Gasteiger partial charge in [-0.2, -0.15) is 0 Å². The van der Waals surface area contributed by atoms with Gasteiger partial charge < -0.3 is 25.3 Å². The van der Waals surface area contributed by atoms with Crippen molar-refractivity contribution in [2.75, 3.05) is 0 Å². The topological polar surface area (TPSA) is 110 Å². The molecule has 26 heavy (non-hydrogen) atoms. The summed E-state index contributed by atoms with van der Waals surface area (Å²) < 4.78 is 7.19. The highest BCUT2D eigenvalue weighted by molar-refractivity contribution is 5.74. The smallest absolute Gasteiger partial charge is 0.407 e. The van der Waals surface area contributed by atoms with Crippen LogP contribution in [0.15, 0.2) is 6.33 Å². The second-order valence-corrected chi connectivity index (χ2v) is 7.50. The number of hydrogen-bond acceptors (Lipinski definition) is 5. The van der Waals surface area contributed by atoms with Gasteiger partial charge in [0.1, 0.15) is 11.9 Å². The normalized spacial score (nSPS) is 20.3. The number of alkyl carbamates (subject to hydrolysis) is 1. The molecular formula is C17H30N6O3. The number of carbonyl (C=O) groups is 2. The van der Waals surface area contributed by atoms with Crippen LogP contribution in [-0.4, -0.2) is 44.6 Å². The zero-order valence-electron chi connectivity index (χ0n) is 16.0. The summed E-state index contributed by atoms with van der Waals surface area (Å²) in [6.45, 7) is 8.51. The van der Waals surface area contributed by atoms with E-state index in [1.807, 2.05) is 32.3 Å². The van der Waals surface area contributed by atoms with Gasteiger partial charge in [0.25, 0.3) is 0 Å². The second-order valence-electron chi connectivity index (χ2n) is 7.50. The van der Waals surface area contributed by atoms with E-state index >= 15 is 0 Å². The first-order valence-corrected chi connectivity index (χ1v) is 9.19. The highest BCUT2D eigenvalue weighted by atomic mass is 16.6. The molecule has 1 fully saturated rings. The molecule has 0 aliphatic heterocycles. The first kappa shape index (κ1) is 20.0. The zero-order chi connectivity index (χ0) is 19.2. The van der Waals surface area contributed by atoms with Gasteiger partial charge in [0.2, 0.25) is 0 Å². The Morgan fingerprint density at radius 2 is 1.88 bits per heavy atom. The Balaban J connectivity index is 1.84. The van der Waals surface area contributed by atoms with E-state index in [-0.39, 0.29) is 18.1 Å². The van der Waals surface area contributed by atoms with Crippen LogP contribution in [0.25, 0.3) is 0 Å². The predicted molar refractivity (Wildman–Crippen MR) is 96.5 cm³/mol. The van der Waals surface area contributed by atoms with Gasteiger partial charge in [-0.15, -0.1) is 10.2 Å². The summed E-state index contributed by atoms with van der Waals surface area (Å²) >= 11 is 0. The molecule has 9 nitrogen and oxygen atoms in total. The van der Waals surface area contributed by atoms with E-state index in [0.717, 1.165) is 32.2 Å². The van der Waals surface area contributed by atoms with Crippen molar-refractivity contribution in [3.05, 3.63) is 12.2 Å². The van der Waals surface area contributed by atoms with Gasteiger partial charge in [-0.3, -0.25) is 0 Å². The van der Waals surface area contributed by atoms with Crippen LogP contribution in [0, 0.1) is 0 Å². The van der Waals surface area contributed by atoms with Crippen LogP contribution in [0.2, 0.25) is 0 Å². The molecule has 2 atom stereocenters. The number of amides is 3. The van der Waals surface area contributed by atoms with Gasteiger partial charge in [0.05, 0.1) is 18.6 Å². The van der Waals surface area contributed by atoms with Crippen LogP contribution in [0.5, 0.6) is 0 Å². The van der Waals surface area contributed by atoms with Crippen molar-refractivity contribution in [1.82, 2.24) is 30.7 Å². The number of carbonyl (C=O) groups excluding carboxylic acids is 2. The van der Waals surface area contributed by atoms with E-state index in [1.54, 1.807) is 6.33 Å². The lowest BCUT2D eigenvalue weighted by molar-refractivity contribution is 0.0480. The maximum Gasteiger partial charge on any atom is 0.407 e. The number of aromatic nitrogens is 3. The third-order valence-corrected chi connectivity index (χ3v) is 4.23. The summed E-state index contributed by atoms with van der Waals surface area (Å²) in [6, 6.07) is -0.539. The van der Waals surface area contributed by atoms with Crippen molar-refractivity contribution in [3.63, 3.8) is 0 Å². The highest BCUT2D eigenvalue weighted by Gasteiger charge is 2.29. The number of aryl methyl sites for hydroxylation is 1. The van der Waals surface area contributed by atoms with E-state index < -0.39 is 11.7 Å². The third kappa shape index (κ3) is 6.20. The molecule has 1 aromatic heterocycles. The Labute approximate surface area is 154 Å². The quantitative estimate of drug-likeness (QED) is 0.737. The van der Waals surface area contributed by atoms with Crippen LogP contribution in [0.3, 0.4) is 0 Å². The minimum Gasteiger partial charge on any atom is -0.444 e. The SMILES string of the molecule is CCn1cnnc1CNC(=O)N[C@@H]1CCCC[C@H]1NC(=O)OC(C)(C)C. The van der Waals surface area contributed by atoms with Gasteiger partial charge in [-0.25, -0.2) is 9.59 Å². The molecule has 0 aromatic carbocycles. The molecular weight excluding hydrogens is 336 g/mol. The molecule has 9 heteroatoms. The molecule has 0 unspecified atom stereocenters. The summed E-state index contributed by atoms with van der Waals surface area (Å²) in [5.74, 6) is 0.703. The fourth-order valence-electron chi connectivity index (χ4n) is 2.99. The van der Waals surface area contributed by atoms with Gasteiger partial charge in [-0.05, 0) is 40.5 Å². The molecule has 146 valence electrons. The Morgan fingerprint density at radius 3 is 2.50 bits per heavy atom. The van der Waals surface area contributed by atoms with Crippen molar-refractivity contribution < 1.29 is 14.3 Å². The maximum absolute atomic E-state index is 12.2. The second kappa shape index (κ2) is 8.86. The molecule has 0 radical (unpaired) electrons. The van der Waals surface area contributed by atoms with Crippen LogP contribution < -0.4 is 16.0 Å². The lowest BCUT2D eigenvalue weighted by Crippen LogP contribution is -2.55. The van der Waals surface area contributed by atoms with E-state index in [2.05, 4.69) is 26.1 Å². The molecule has 1 aromatic rings. The lowest BCUT2D eigenvalue weighted by atomic mass is 9.90. The first-order valence-electron chi connectivity index (χ1n) is 9.19. The molecule has 1 aliphatic carbocycles. The van der Waals surface area contributed by atoms with Gasteiger partial charge >= 0.3 is 12.1 Å². The fourth-order valence-corrected chi connectivity index (χ4v) is 2.99. The number of nitrogens with zero attached hydrogens (tertiary/aromatic N) is 3. The summed E-state index contributed by atoms with van der Waals surface area (Å²) in [7, 11) is 0. The first-order chi connectivity index (χ1) is 12.3. The summed E-state index contributed by atoms with van der Waals surface area (Å²) in [5.41, 5.74) is -0.547. The van der Waals surface area contributed by atoms with E-state index in [4.69, 9.17) is 4.74 Å². The van der Waals surface area contributed by atoms with Gasteiger partial charge in [-0.1, -0.05) is 12.8 Å².